The molecule has 0 radical (unpaired) electrons. The van der Waals surface area contributed by atoms with Crippen LogP contribution in [0, 0.1) is 4.91 Å². The zero-order chi connectivity index (χ0) is 17.9. The molecule has 0 unspecified atom stereocenters. The topological polar surface area (TPSA) is 118 Å². The molecule has 0 aliphatic carbocycles. The van der Waals surface area contributed by atoms with E-state index in [-0.39, 0.29) is 26.0 Å². The lowest BCUT2D eigenvalue weighted by atomic mass is 10.2. The predicted octanol–water partition coefficient (Wildman–Crippen LogP) is 0.713. The molecule has 1 heterocycles. The summed E-state index contributed by atoms with van der Waals surface area (Å²) in [6, 6.07) is 3.18. The molecule has 2 N–H and O–H groups in total. The maximum atomic E-state index is 11.9. The van der Waals surface area contributed by atoms with Gasteiger partial charge in [-0.2, -0.15) is 9.40 Å². The molecular weight excluding hydrogens is 322 g/mol. The predicted molar refractivity (Wildman–Crippen MR) is 77.7 cm³/mol. The minimum atomic E-state index is -0.782. The highest BCUT2D eigenvalue weighted by Gasteiger charge is 2.14. The summed E-state index contributed by atoms with van der Waals surface area (Å²) in [5.74, 6) is -0.412. The smallest absolute Gasteiger partial charge is 0.431 e. The minimum absolute atomic E-state index is 0.0325. The van der Waals surface area contributed by atoms with Crippen LogP contribution in [0.3, 0.4) is 0 Å². The fourth-order valence-electron chi connectivity index (χ4n) is 1.54. The standard InChI is InChI=1S/C14H20N3O7/c1-3-11(2)24-14(19)22-10-16-7-4-5-12(9-16)13(18)15-6-8-23-17(20)21/h4-5,7,9,11H,3,6,8,10H2,1-2H3,(H-,15,18,20,21)/q+1/p+1/t11-/m0/s1. The summed E-state index contributed by atoms with van der Waals surface area (Å²) in [4.78, 5) is 37.6. The number of carbonyl (C=O) groups excluding carboxylic acids is 2. The van der Waals surface area contributed by atoms with Gasteiger partial charge in [0.2, 0.25) is 0 Å². The fourth-order valence-corrected chi connectivity index (χ4v) is 1.54. The third kappa shape index (κ3) is 7.38. The summed E-state index contributed by atoms with van der Waals surface area (Å²) < 4.78 is 11.4. The van der Waals surface area contributed by atoms with Crippen LogP contribution in [0.5, 0.6) is 0 Å². The van der Waals surface area contributed by atoms with E-state index < -0.39 is 17.1 Å². The first-order valence-electron chi connectivity index (χ1n) is 7.32. The van der Waals surface area contributed by atoms with E-state index in [0.717, 1.165) is 0 Å². The lowest BCUT2D eigenvalue weighted by Crippen LogP contribution is -2.38. The molecule has 0 saturated heterocycles. The van der Waals surface area contributed by atoms with Gasteiger partial charge < -0.3 is 14.8 Å². The van der Waals surface area contributed by atoms with Gasteiger partial charge in [0.15, 0.2) is 19.0 Å². The lowest BCUT2D eigenvalue weighted by molar-refractivity contribution is -0.975. The molecule has 1 aromatic heterocycles. The Hall–Kier alpha value is -2.91. The Bertz CT molecular complexity index is 579. The molecule has 0 fully saturated rings. The van der Waals surface area contributed by atoms with Gasteiger partial charge in [0, 0.05) is 6.07 Å². The second-order valence-electron chi connectivity index (χ2n) is 4.79. The molecule has 0 spiro atoms. The summed E-state index contributed by atoms with van der Waals surface area (Å²) in [5, 5.41) is 10.0. The van der Waals surface area contributed by atoms with Crippen LogP contribution >= 0.6 is 0 Å². The van der Waals surface area contributed by atoms with Gasteiger partial charge in [0.25, 0.3) is 12.6 Å². The number of hydrogen-bond donors (Lipinski definition) is 2. The number of aromatic nitrogens is 1. The Morgan fingerprint density at radius 3 is 2.88 bits per heavy atom. The Balaban J connectivity index is 2.46. The molecule has 1 aromatic rings. The molecule has 1 amide bonds. The number of nitrogens with one attached hydrogen (secondary N) is 1. The molecule has 10 nitrogen and oxygen atoms in total. The zero-order valence-electron chi connectivity index (χ0n) is 13.5. The highest BCUT2D eigenvalue weighted by atomic mass is 16.9. The average Bonchev–Trinajstić information content (AvgIpc) is 2.56. The maximum absolute atomic E-state index is 11.9. The van der Waals surface area contributed by atoms with Crippen LogP contribution in [0.15, 0.2) is 24.5 Å². The summed E-state index contributed by atoms with van der Waals surface area (Å²) >= 11 is 0. The van der Waals surface area contributed by atoms with E-state index in [1.165, 1.54) is 10.8 Å². The van der Waals surface area contributed by atoms with Gasteiger partial charge in [-0.15, -0.1) is 0 Å². The largest absolute Gasteiger partial charge is 0.513 e. The van der Waals surface area contributed by atoms with Gasteiger partial charge >= 0.3 is 11.2 Å². The van der Waals surface area contributed by atoms with E-state index in [1.54, 1.807) is 25.3 Å². The normalized spacial score (nSPS) is 11.2. The van der Waals surface area contributed by atoms with Gasteiger partial charge in [0.1, 0.15) is 16.6 Å². The van der Waals surface area contributed by atoms with Crippen LogP contribution in [0.4, 0.5) is 4.79 Å². The number of amides is 1. The zero-order valence-corrected chi connectivity index (χ0v) is 13.5. The van der Waals surface area contributed by atoms with Crippen molar-refractivity contribution in [2.75, 3.05) is 13.2 Å². The molecule has 0 aromatic carbocycles. The first kappa shape index (κ1) is 19.1. The highest BCUT2D eigenvalue weighted by Crippen LogP contribution is 1.99. The first-order chi connectivity index (χ1) is 11.4. The SMILES string of the molecule is CC[C@H](C)OC(=O)OC[n+]1cccc(C(=O)NCCO[N+](=O)O)c1. The lowest BCUT2D eigenvalue weighted by Gasteiger charge is -2.09. The summed E-state index contributed by atoms with van der Waals surface area (Å²) in [7, 11) is 0. The molecule has 0 saturated carbocycles. The van der Waals surface area contributed by atoms with E-state index in [2.05, 4.69) is 10.2 Å². The molecule has 0 aliphatic rings. The summed E-state index contributed by atoms with van der Waals surface area (Å²) in [6.45, 7) is 3.39. The van der Waals surface area contributed by atoms with Crippen molar-refractivity contribution in [1.82, 2.24) is 5.32 Å². The van der Waals surface area contributed by atoms with Crippen molar-refractivity contribution >= 4 is 12.1 Å². The molecule has 1 rings (SSSR count). The van der Waals surface area contributed by atoms with Gasteiger partial charge in [0.05, 0.1) is 6.54 Å². The fraction of sp³-hybridized carbons (Fsp3) is 0.500. The monoisotopic (exact) mass is 343 g/mol. The number of ether oxygens (including phenoxy) is 2. The van der Waals surface area contributed by atoms with E-state index in [9.17, 15) is 14.5 Å². The number of nitrogens with zero attached hydrogens (tertiary/aromatic N) is 2. The van der Waals surface area contributed by atoms with Crippen molar-refractivity contribution in [2.45, 2.75) is 33.1 Å². The van der Waals surface area contributed by atoms with Gasteiger partial charge in [-0.3, -0.25) is 4.79 Å². The van der Waals surface area contributed by atoms with Gasteiger partial charge in [-0.1, -0.05) is 6.92 Å². The second-order valence-corrected chi connectivity index (χ2v) is 4.79. The van der Waals surface area contributed by atoms with Gasteiger partial charge in [-0.25, -0.2) is 10.0 Å². The van der Waals surface area contributed by atoms with Crippen LogP contribution in [0.1, 0.15) is 30.6 Å². The molecule has 1 atom stereocenters. The Labute approximate surface area is 138 Å². The van der Waals surface area contributed by atoms with Crippen molar-refractivity contribution in [2.24, 2.45) is 0 Å². The highest BCUT2D eigenvalue weighted by molar-refractivity contribution is 5.93. The number of pyridine rings is 1. The van der Waals surface area contributed by atoms with Crippen molar-refractivity contribution in [3.63, 3.8) is 0 Å². The van der Waals surface area contributed by atoms with Crippen LogP contribution < -0.4 is 9.88 Å². The number of carbonyl (C=O) groups is 2. The van der Waals surface area contributed by atoms with Crippen molar-refractivity contribution in [3.05, 3.63) is 35.0 Å². The Kier molecular flexibility index (Phi) is 7.96. The molecule has 24 heavy (non-hydrogen) atoms. The number of rotatable bonds is 9. The van der Waals surface area contributed by atoms with Crippen LogP contribution in [0.2, 0.25) is 0 Å². The summed E-state index contributed by atoms with van der Waals surface area (Å²) in [5.41, 5.74) is 0.319. The van der Waals surface area contributed by atoms with Crippen LogP contribution in [-0.4, -0.2) is 41.6 Å². The van der Waals surface area contributed by atoms with Crippen LogP contribution in [0.25, 0.3) is 0 Å². The van der Waals surface area contributed by atoms with Crippen molar-refractivity contribution in [1.29, 1.82) is 0 Å². The molecule has 0 aliphatic heterocycles. The molecular formula is C14H21N3O7+2. The average molecular weight is 343 g/mol. The van der Waals surface area contributed by atoms with E-state index in [1.807, 2.05) is 6.92 Å². The van der Waals surface area contributed by atoms with Crippen molar-refractivity contribution in [3.8, 4) is 0 Å². The van der Waals surface area contributed by atoms with Gasteiger partial charge in [-0.05, 0) is 19.4 Å². The second kappa shape index (κ2) is 9.98. The minimum Gasteiger partial charge on any atom is -0.431 e. The summed E-state index contributed by atoms with van der Waals surface area (Å²) in [6.07, 6.45) is 2.78. The third-order valence-electron chi connectivity index (χ3n) is 2.91. The Morgan fingerprint density at radius 1 is 1.46 bits per heavy atom. The molecule has 0 bridgehead atoms. The van der Waals surface area contributed by atoms with E-state index in [0.29, 0.717) is 12.0 Å². The first-order valence-corrected chi connectivity index (χ1v) is 7.32. The third-order valence-corrected chi connectivity index (χ3v) is 2.91. The van der Waals surface area contributed by atoms with E-state index in [4.69, 9.17) is 14.7 Å². The maximum Gasteiger partial charge on any atom is 0.513 e. The van der Waals surface area contributed by atoms with Crippen molar-refractivity contribution < 1.29 is 38.8 Å². The molecule has 132 valence electrons. The van der Waals surface area contributed by atoms with Crippen LogP contribution in [-0.2, 0) is 21.0 Å². The molecule has 10 heteroatoms. The van der Waals surface area contributed by atoms with E-state index >= 15 is 0 Å². The Morgan fingerprint density at radius 2 is 2.21 bits per heavy atom. The number of hydrogen-bond acceptors (Lipinski definition) is 6. The quantitative estimate of drug-likeness (QED) is 0.293.